The van der Waals surface area contributed by atoms with E-state index in [-0.39, 0.29) is 4.43 Å². The predicted molar refractivity (Wildman–Crippen MR) is 52.2 cm³/mol. The molecule has 1 aliphatic rings. The molecule has 0 unspecified atom stereocenters. The molecule has 0 aliphatic carbocycles. The van der Waals surface area contributed by atoms with E-state index in [0.717, 1.165) is 0 Å². The van der Waals surface area contributed by atoms with Gasteiger partial charge in [-0.2, -0.15) is 0 Å². The van der Waals surface area contributed by atoms with Crippen molar-refractivity contribution in [3.05, 3.63) is 0 Å². The number of ether oxygens (including phenoxy) is 1. The van der Waals surface area contributed by atoms with Gasteiger partial charge in [0.05, 0.1) is 4.43 Å². The lowest BCUT2D eigenvalue weighted by molar-refractivity contribution is -0.174. The smallest absolute Gasteiger partial charge is 0.361 e. The minimum Gasteiger partial charge on any atom is -0.389 e. The number of esters is 2. The van der Waals surface area contributed by atoms with Crippen molar-refractivity contribution in [2.45, 2.75) is 18.6 Å². The molecule has 1 fully saturated rings. The molecule has 1 heterocycles. The fourth-order valence-electron chi connectivity index (χ4n) is 1.12. The van der Waals surface area contributed by atoms with Gasteiger partial charge in [0.1, 0.15) is 0 Å². The highest BCUT2D eigenvalue weighted by atomic mass is 127. The molecule has 74 valence electrons. The zero-order valence-electron chi connectivity index (χ0n) is 6.88. The Hall–Kier alpha value is -0.210. The average molecular weight is 299 g/mol. The Kier molecular flexibility index (Phi) is 3.63. The molecular weight excluding hydrogens is 289 g/mol. The minimum absolute atomic E-state index is 0.0968. The lowest BCUT2D eigenvalue weighted by Gasteiger charge is -2.18. The van der Waals surface area contributed by atoms with Crippen LogP contribution in [0.25, 0.3) is 0 Å². The van der Waals surface area contributed by atoms with Crippen molar-refractivity contribution in [1.29, 1.82) is 0 Å². The standard InChI is InChI=1S/C7H10INO4/c8-4-5(10)13-6(11)7(12)2-1-3-9-7/h9,12H,1-4H2/t7-/m1/s1. The number of hydrogen-bond acceptors (Lipinski definition) is 5. The van der Waals surface area contributed by atoms with E-state index in [9.17, 15) is 14.7 Å². The Morgan fingerprint density at radius 3 is 2.77 bits per heavy atom. The number of alkyl halides is 1. The molecule has 0 aromatic carbocycles. The van der Waals surface area contributed by atoms with Gasteiger partial charge in [-0.15, -0.1) is 0 Å². The summed E-state index contributed by atoms with van der Waals surface area (Å²) in [4.78, 5) is 21.9. The van der Waals surface area contributed by atoms with Gasteiger partial charge in [-0.1, -0.05) is 22.6 Å². The van der Waals surface area contributed by atoms with Crippen LogP contribution in [0.4, 0.5) is 0 Å². The molecule has 0 aromatic heterocycles. The molecule has 0 saturated carbocycles. The van der Waals surface area contributed by atoms with Gasteiger partial charge in [0.2, 0.25) is 5.72 Å². The van der Waals surface area contributed by atoms with Crippen LogP contribution in [-0.2, 0) is 14.3 Å². The first-order valence-electron chi connectivity index (χ1n) is 3.87. The van der Waals surface area contributed by atoms with Crippen molar-refractivity contribution in [3.8, 4) is 0 Å². The normalized spacial score (nSPS) is 27.2. The summed E-state index contributed by atoms with van der Waals surface area (Å²) < 4.78 is 4.49. The van der Waals surface area contributed by atoms with Crippen LogP contribution in [0.1, 0.15) is 12.8 Å². The maximum atomic E-state index is 11.2. The number of carbonyl (C=O) groups excluding carboxylic acids is 2. The predicted octanol–water partition coefficient (Wildman–Crippen LogP) is -0.437. The summed E-state index contributed by atoms with van der Waals surface area (Å²) in [5.41, 5.74) is -1.65. The SMILES string of the molecule is O=C(CI)OC(=O)[C@]1(O)CCCN1. The molecule has 1 rings (SSSR count). The minimum atomic E-state index is -1.65. The van der Waals surface area contributed by atoms with Crippen LogP contribution in [-0.4, -0.2) is 33.7 Å². The Labute approximate surface area is 89.0 Å². The van der Waals surface area contributed by atoms with Crippen molar-refractivity contribution in [3.63, 3.8) is 0 Å². The zero-order valence-corrected chi connectivity index (χ0v) is 9.04. The first kappa shape index (κ1) is 10.9. The third-order valence-corrected chi connectivity index (χ3v) is 2.41. The lowest BCUT2D eigenvalue weighted by Crippen LogP contribution is -2.49. The lowest BCUT2D eigenvalue weighted by atomic mass is 10.2. The molecule has 0 aromatic rings. The second kappa shape index (κ2) is 4.34. The van der Waals surface area contributed by atoms with E-state index < -0.39 is 17.7 Å². The summed E-state index contributed by atoms with van der Waals surface area (Å²) >= 11 is 1.79. The largest absolute Gasteiger partial charge is 0.389 e. The Morgan fingerprint density at radius 1 is 1.62 bits per heavy atom. The van der Waals surface area contributed by atoms with Gasteiger partial charge in [0.15, 0.2) is 0 Å². The van der Waals surface area contributed by atoms with Crippen molar-refractivity contribution in [1.82, 2.24) is 5.32 Å². The molecule has 6 heteroatoms. The molecule has 0 radical (unpaired) electrons. The van der Waals surface area contributed by atoms with Crippen LogP contribution in [0, 0.1) is 0 Å². The first-order valence-corrected chi connectivity index (χ1v) is 5.39. The molecular formula is C7H10INO4. The molecule has 2 N–H and O–H groups in total. The van der Waals surface area contributed by atoms with Crippen LogP contribution < -0.4 is 5.32 Å². The maximum absolute atomic E-state index is 11.2. The molecule has 0 bridgehead atoms. The zero-order chi connectivity index (χ0) is 9.90. The topological polar surface area (TPSA) is 75.6 Å². The number of aliphatic hydroxyl groups is 1. The summed E-state index contributed by atoms with van der Waals surface area (Å²) in [5, 5.41) is 12.2. The monoisotopic (exact) mass is 299 g/mol. The molecule has 0 spiro atoms. The highest BCUT2D eigenvalue weighted by molar-refractivity contribution is 14.1. The first-order chi connectivity index (χ1) is 6.08. The summed E-state index contributed by atoms with van der Waals surface area (Å²) in [5.74, 6) is -1.53. The van der Waals surface area contributed by atoms with Gasteiger partial charge in [-0.05, 0) is 13.0 Å². The second-order valence-corrected chi connectivity index (χ2v) is 3.55. The second-order valence-electron chi connectivity index (χ2n) is 2.79. The molecule has 13 heavy (non-hydrogen) atoms. The van der Waals surface area contributed by atoms with Crippen molar-refractivity contribution in [2.75, 3.05) is 11.0 Å². The highest BCUT2D eigenvalue weighted by Crippen LogP contribution is 2.17. The molecule has 5 nitrogen and oxygen atoms in total. The molecule has 1 saturated heterocycles. The third-order valence-electron chi connectivity index (χ3n) is 1.79. The summed E-state index contributed by atoms with van der Waals surface area (Å²) in [7, 11) is 0. The van der Waals surface area contributed by atoms with Gasteiger partial charge in [0, 0.05) is 6.42 Å². The van der Waals surface area contributed by atoms with Gasteiger partial charge in [0.25, 0.3) is 0 Å². The third kappa shape index (κ3) is 2.61. The van der Waals surface area contributed by atoms with Gasteiger partial charge in [-0.25, -0.2) is 4.79 Å². The van der Waals surface area contributed by atoms with Crippen LogP contribution in [0.5, 0.6) is 0 Å². The van der Waals surface area contributed by atoms with Crippen molar-refractivity contribution >= 4 is 34.5 Å². The summed E-state index contributed by atoms with van der Waals surface area (Å²) in [6.07, 6.45) is 0.990. The van der Waals surface area contributed by atoms with E-state index in [1.165, 1.54) is 0 Å². The van der Waals surface area contributed by atoms with Crippen LogP contribution in [0.15, 0.2) is 0 Å². The van der Waals surface area contributed by atoms with Crippen LogP contribution in [0.3, 0.4) is 0 Å². The fraction of sp³-hybridized carbons (Fsp3) is 0.714. The molecule has 1 atom stereocenters. The Bertz CT molecular complexity index is 225. The quantitative estimate of drug-likeness (QED) is 0.313. The van der Waals surface area contributed by atoms with E-state index >= 15 is 0 Å². The van der Waals surface area contributed by atoms with Gasteiger partial charge < -0.3 is 9.84 Å². The maximum Gasteiger partial charge on any atom is 0.361 e. The molecule has 1 aliphatic heterocycles. The van der Waals surface area contributed by atoms with E-state index in [1.54, 1.807) is 22.6 Å². The van der Waals surface area contributed by atoms with E-state index in [0.29, 0.717) is 19.4 Å². The Balaban J connectivity index is 2.51. The van der Waals surface area contributed by atoms with Crippen molar-refractivity contribution in [2.24, 2.45) is 0 Å². The number of hydrogen-bond donors (Lipinski definition) is 2. The average Bonchev–Trinajstić information content (AvgIpc) is 2.53. The summed E-state index contributed by atoms with van der Waals surface area (Å²) in [6, 6.07) is 0. The number of nitrogens with one attached hydrogen (secondary N) is 1. The van der Waals surface area contributed by atoms with Crippen LogP contribution in [0.2, 0.25) is 0 Å². The van der Waals surface area contributed by atoms with E-state index in [1.807, 2.05) is 0 Å². The van der Waals surface area contributed by atoms with Crippen molar-refractivity contribution < 1.29 is 19.4 Å². The van der Waals surface area contributed by atoms with Gasteiger partial charge >= 0.3 is 11.9 Å². The number of carbonyl (C=O) groups is 2. The van der Waals surface area contributed by atoms with E-state index in [4.69, 9.17) is 0 Å². The van der Waals surface area contributed by atoms with Crippen LogP contribution >= 0.6 is 22.6 Å². The number of halogens is 1. The number of rotatable bonds is 2. The summed E-state index contributed by atoms with van der Waals surface area (Å²) in [6.45, 7) is 0.560. The molecule has 0 amide bonds. The highest BCUT2D eigenvalue weighted by Gasteiger charge is 2.41. The Morgan fingerprint density at radius 2 is 2.31 bits per heavy atom. The fourth-order valence-corrected chi connectivity index (χ4v) is 1.27. The van der Waals surface area contributed by atoms with Gasteiger partial charge in [-0.3, -0.25) is 10.1 Å². The van der Waals surface area contributed by atoms with E-state index in [2.05, 4.69) is 10.1 Å².